The number of carbonyl (C=O) groups excluding carboxylic acids is 4. The summed E-state index contributed by atoms with van der Waals surface area (Å²) in [4.78, 5) is 44.9. The highest BCUT2D eigenvalue weighted by Crippen LogP contribution is 2.34. The minimum atomic E-state index is -4.55. The Bertz CT molecular complexity index is 1910. The van der Waals surface area contributed by atoms with E-state index in [-0.39, 0.29) is 42.9 Å². The van der Waals surface area contributed by atoms with Crippen molar-refractivity contribution in [1.82, 2.24) is 5.32 Å². The van der Waals surface area contributed by atoms with E-state index in [9.17, 15) is 45.5 Å². The highest BCUT2D eigenvalue weighted by molar-refractivity contribution is 6.64. The van der Waals surface area contributed by atoms with E-state index in [4.69, 9.17) is 54.1 Å². The number of aliphatic hydroxyl groups excluding tert-OH is 1. The molecule has 2 unspecified atom stereocenters. The van der Waals surface area contributed by atoms with E-state index in [1.807, 2.05) is 0 Å². The minimum absolute atomic E-state index is 0.0952. The molecule has 308 valence electrons. The van der Waals surface area contributed by atoms with Crippen LogP contribution < -0.4 is 14.8 Å². The van der Waals surface area contributed by atoms with E-state index >= 15 is 0 Å². The van der Waals surface area contributed by atoms with Crippen LogP contribution in [0.5, 0.6) is 11.5 Å². The van der Waals surface area contributed by atoms with Crippen molar-refractivity contribution in [1.29, 1.82) is 0 Å². The zero-order valence-corrected chi connectivity index (χ0v) is 32.4. The molecule has 4 aromatic carbocycles. The molecule has 0 heterocycles. The molecule has 1 amide bonds. The lowest BCUT2D eigenvalue weighted by Gasteiger charge is -2.19. The number of hydrogen-bond donors (Lipinski definition) is 2. The Morgan fingerprint density at radius 3 is 1.51 bits per heavy atom. The number of nitrogens with one attached hydrogen (secondary N) is 1. The van der Waals surface area contributed by atoms with Crippen LogP contribution in [0, 0.1) is 0 Å². The van der Waals surface area contributed by atoms with Gasteiger partial charge in [-0.3, -0.25) is 9.59 Å². The third-order valence-electron chi connectivity index (χ3n) is 7.00. The maximum atomic E-state index is 12.9. The topological polar surface area (TPSA) is 128 Å². The lowest BCUT2D eigenvalue weighted by molar-refractivity contribution is -0.152. The summed E-state index contributed by atoms with van der Waals surface area (Å²) in [5.74, 6) is -1.21. The molecule has 9 nitrogen and oxygen atoms in total. The molecule has 18 heteroatoms. The summed E-state index contributed by atoms with van der Waals surface area (Å²) in [7, 11) is 0. The Balaban J connectivity index is 0.000000344. The van der Waals surface area contributed by atoms with E-state index in [0.29, 0.717) is 34.0 Å². The van der Waals surface area contributed by atoms with Gasteiger partial charge in [-0.05, 0) is 85.6 Å². The molecule has 0 aliphatic rings. The van der Waals surface area contributed by atoms with Crippen LogP contribution in [-0.2, 0) is 36.3 Å². The number of Topliss-reactive ketones (excluding diaryl/α,β-unsaturated/α-hetero) is 1. The Kier molecular flexibility index (Phi) is 19.8. The number of rotatable bonds is 14. The van der Waals surface area contributed by atoms with Crippen LogP contribution in [-0.4, -0.2) is 47.8 Å². The largest absolute Gasteiger partial charge is 0.476 e. The summed E-state index contributed by atoms with van der Waals surface area (Å²) in [5.41, 5.74) is -1.03. The maximum Gasteiger partial charge on any atom is 0.416 e. The van der Waals surface area contributed by atoms with E-state index in [2.05, 4.69) is 5.32 Å². The van der Waals surface area contributed by atoms with Gasteiger partial charge < -0.3 is 29.4 Å². The van der Waals surface area contributed by atoms with Crippen LogP contribution in [0.4, 0.5) is 26.3 Å². The van der Waals surface area contributed by atoms with Gasteiger partial charge in [0.25, 0.3) is 5.24 Å². The molecule has 0 fully saturated rings. The summed E-state index contributed by atoms with van der Waals surface area (Å²) in [5, 5.41) is 10.6. The van der Waals surface area contributed by atoms with Gasteiger partial charge in [-0.1, -0.05) is 59.6 Å². The number of benzene rings is 4. The number of ether oxygens (including phenoxy) is 3. The van der Waals surface area contributed by atoms with Crippen molar-refractivity contribution < 1.29 is 64.8 Å². The molecule has 2 N–H and O–H groups in total. The highest BCUT2D eigenvalue weighted by Gasteiger charge is 2.32. The fraction of sp³-hybridized carbons (Fsp3) is 0.282. The zero-order chi connectivity index (χ0) is 42.8. The number of hydrogen-bond acceptors (Lipinski definition) is 8. The maximum absolute atomic E-state index is 12.9. The van der Waals surface area contributed by atoms with Crippen molar-refractivity contribution in [3.63, 3.8) is 0 Å². The van der Waals surface area contributed by atoms with Gasteiger partial charge in [0.15, 0.2) is 6.10 Å². The first-order valence-electron chi connectivity index (χ1n) is 16.6. The summed E-state index contributed by atoms with van der Waals surface area (Å²) in [6.07, 6.45) is -10.5. The molecular weight excluding hydrogens is 831 g/mol. The minimum Gasteiger partial charge on any atom is -0.476 e. The smallest absolute Gasteiger partial charge is 0.416 e. The van der Waals surface area contributed by atoms with Crippen molar-refractivity contribution in [2.24, 2.45) is 0 Å². The number of amides is 1. The summed E-state index contributed by atoms with van der Waals surface area (Å²) < 4.78 is 92.6. The predicted octanol–water partition coefficient (Wildman–Crippen LogP) is 9.75. The fourth-order valence-corrected chi connectivity index (χ4v) is 4.74. The number of carbonyl (C=O) groups is 4. The number of aliphatic hydroxyl groups is 1. The first-order valence-corrected chi connectivity index (χ1v) is 17.7. The van der Waals surface area contributed by atoms with Crippen molar-refractivity contribution in [3.8, 4) is 11.5 Å². The first kappa shape index (κ1) is 48.3. The standard InChI is InChI=1S/C19H17ClF3NO4.C15H9Cl2F3O2.C5H10O2/c1-12(25)24-9-10-27-18(26)17(13-5-7-15(20)8-6-13)28-16-4-2-3-14(11-16)19(21,22)23;16-11-6-4-9(5-7-11)13(14(17)21)22-12-3-1-2-10(8-12)15(18,19)20;1-5(7)3-2-4-6/h2-8,11,17H,9-10H2,1H3,(H,24,25);1-8,13H;6H,2-4H2,1H3. The monoisotopic (exact) mass is 865 g/mol. The molecular formula is C39H36Cl3F6NO8. The van der Waals surface area contributed by atoms with Crippen LogP contribution in [0.1, 0.15) is 61.2 Å². The van der Waals surface area contributed by atoms with Gasteiger partial charge in [-0.25, -0.2) is 4.79 Å². The Hall–Kier alpha value is -4.83. The second kappa shape index (κ2) is 23.4. The lowest BCUT2D eigenvalue weighted by Crippen LogP contribution is -2.28. The molecule has 0 aliphatic carbocycles. The van der Waals surface area contributed by atoms with Gasteiger partial charge in [0.2, 0.25) is 12.0 Å². The van der Waals surface area contributed by atoms with Gasteiger partial charge in [-0.2, -0.15) is 26.3 Å². The first-order chi connectivity index (χ1) is 26.7. The van der Waals surface area contributed by atoms with E-state index in [1.54, 1.807) is 0 Å². The van der Waals surface area contributed by atoms with E-state index in [1.165, 1.54) is 86.6 Å². The predicted molar refractivity (Wildman–Crippen MR) is 200 cm³/mol. The highest BCUT2D eigenvalue weighted by atomic mass is 35.5. The number of esters is 1. The molecule has 4 rings (SSSR count). The zero-order valence-electron chi connectivity index (χ0n) is 30.1. The molecule has 0 saturated heterocycles. The van der Waals surface area contributed by atoms with E-state index < -0.39 is 46.9 Å². The van der Waals surface area contributed by atoms with E-state index in [0.717, 1.165) is 24.3 Å². The number of alkyl halides is 6. The molecule has 57 heavy (non-hydrogen) atoms. The van der Waals surface area contributed by atoms with Crippen molar-refractivity contribution in [2.45, 2.75) is 51.2 Å². The van der Waals surface area contributed by atoms with Crippen LogP contribution in [0.3, 0.4) is 0 Å². The van der Waals surface area contributed by atoms with Gasteiger partial charge in [0.1, 0.15) is 23.9 Å². The van der Waals surface area contributed by atoms with Crippen LogP contribution in [0.15, 0.2) is 97.1 Å². The molecule has 0 aromatic heterocycles. The lowest BCUT2D eigenvalue weighted by atomic mass is 10.1. The second-order valence-electron chi connectivity index (χ2n) is 11.6. The summed E-state index contributed by atoms with van der Waals surface area (Å²) in [6, 6.07) is 20.5. The molecule has 0 bridgehead atoms. The molecule has 2 atom stereocenters. The fourth-order valence-electron chi connectivity index (χ4n) is 4.32. The SMILES string of the molecule is CC(=O)CCCO.CC(=O)NCCOC(=O)C(Oc1cccc(C(F)(F)F)c1)c1ccc(Cl)cc1.O=C(Cl)C(Oc1cccc(C(F)(F)F)c1)c1ccc(Cl)cc1. The Morgan fingerprint density at radius 2 is 1.14 bits per heavy atom. The molecule has 0 spiro atoms. The molecule has 4 aromatic rings. The summed E-state index contributed by atoms with van der Waals surface area (Å²) >= 11 is 17.1. The van der Waals surface area contributed by atoms with Gasteiger partial charge in [0.05, 0.1) is 17.7 Å². The van der Waals surface area contributed by atoms with Gasteiger partial charge >= 0.3 is 18.3 Å². The molecule has 0 aliphatic heterocycles. The quantitative estimate of drug-likeness (QED) is 0.0555. The number of halogens is 9. The van der Waals surface area contributed by atoms with Crippen molar-refractivity contribution >= 4 is 57.7 Å². The van der Waals surface area contributed by atoms with Crippen LogP contribution in [0.25, 0.3) is 0 Å². The molecule has 0 radical (unpaired) electrons. The van der Waals surface area contributed by atoms with Crippen molar-refractivity contribution in [2.75, 3.05) is 19.8 Å². The Labute approximate surface area is 338 Å². The average Bonchev–Trinajstić information content (AvgIpc) is 3.14. The van der Waals surface area contributed by atoms with Crippen LogP contribution >= 0.6 is 34.8 Å². The average molecular weight is 867 g/mol. The summed E-state index contributed by atoms with van der Waals surface area (Å²) in [6.45, 7) is 2.94. The normalized spacial score (nSPS) is 12.0. The Morgan fingerprint density at radius 1 is 0.702 bits per heavy atom. The van der Waals surface area contributed by atoms with Gasteiger partial charge in [0, 0.05) is 41.1 Å². The number of ketones is 1. The second-order valence-corrected chi connectivity index (χ2v) is 12.9. The van der Waals surface area contributed by atoms with Gasteiger partial charge in [-0.15, -0.1) is 0 Å². The third kappa shape index (κ3) is 18.3. The molecule has 0 saturated carbocycles. The van der Waals surface area contributed by atoms with Crippen molar-refractivity contribution in [3.05, 3.63) is 129 Å². The third-order valence-corrected chi connectivity index (χ3v) is 7.71. The van der Waals surface area contributed by atoms with Crippen LogP contribution in [0.2, 0.25) is 10.0 Å².